The summed E-state index contributed by atoms with van der Waals surface area (Å²) in [6.45, 7) is 5.74. The number of hydrogen-bond donors (Lipinski definition) is 0. The molecule has 1 fully saturated rings. The molecular weight excluding hydrogens is 402 g/mol. The molecule has 8 heteroatoms. The lowest BCUT2D eigenvalue weighted by molar-refractivity contribution is 0.0620. The molecule has 0 aliphatic carbocycles. The van der Waals surface area contributed by atoms with Crippen molar-refractivity contribution in [3.63, 3.8) is 0 Å². The Labute approximate surface area is 179 Å². The van der Waals surface area contributed by atoms with Gasteiger partial charge in [0.05, 0.1) is 0 Å². The average molecular weight is 426 g/mol. The van der Waals surface area contributed by atoms with Gasteiger partial charge in [0.25, 0.3) is 5.91 Å². The zero-order chi connectivity index (χ0) is 21.8. The molecule has 3 aromatic rings. The summed E-state index contributed by atoms with van der Waals surface area (Å²) in [7, 11) is 0. The molecule has 0 bridgehead atoms. The molecule has 2 heterocycles. The number of hydrogen-bond acceptors (Lipinski definition) is 4. The van der Waals surface area contributed by atoms with Crippen LogP contribution in [-0.4, -0.2) is 51.7 Å². The number of nitrogens with zero attached hydrogens (tertiary/aromatic N) is 4. The lowest BCUT2D eigenvalue weighted by Gasteiger charge is -2.34. The fourth-order valence-corrected chi connectivity index (χ4v) is 3.62. The Hall–Kier alpha value is -3.26. The third kappa shape index (κ3) is 5.27. The van der Waals surface area contributed by atoms with Crippen LogP contribution in [0.25, 0.3) is 0 Å². The van der Waals surface area contributed by atoms with Crippen molar-refractivity contribution in [2.45, 2.75) is 20.2 Å². The largest absolute Gasteiger partial charge is 0.468 e. The predicted molar refractivity (Wildman–Crippen MR) is 112 cm³/mol. The summed E-state index contributed by atoms with van der Waals surface area (Å²) in [4.78, 5) is 16.9. The lowest BCUT2D eigenvalue weighted by Crippen LogP contribution is -2.48. The van der Waals surface area contributed by atoms with Crippen LogP contribution in [0.2, 0.25) is 0 Å². The van der Waals surface area contributed by atoms with Crippen LogP contribution < -0.4 is 4.74 Å². The van der Waals surface area contributed by atoms with E-state index in [0.29, 0.717) is 18.8 Å². The second-order valence-corrected chi connectivity index (χ2v) is 7.65. The first kappa shape index (κ1) is 21.0. The van der Waals surface area contributed by atoms with Crippen molar-refractivity contribution in [2.24, 2.45) is 0 Å². The van der Waals surface area contributed by atoms with Gasteiger partial charge in [0.2, 0.25) is 0 Å². The summed E-state index contributed by atoms with van der Waals surface area (Å²) in [5, 5.41) is 4.23. The number of halogens is 2. The zero-order valence-corrected chi connectivity index (χ0v) is 17.3. The number of rotatable bonds is 6. The van der Waals surface area contributed by atoms with Gasteiger partial charge in [-0.3, -0.25) is 9.69 Å². The van der Waals surface area contributed by atoms with Crippen LogP contribution in [0.3, 0.4) is 0 Å². The molecule has 1 aromatic heterocycles. The van der Waals surface area contributed by atoms with Gasteiger partial charge in [0, 0.05) is 45.0 Å². The van der Waals surface area contributed by atoms with Crippen LogP contribution in [0, 0.1) is 18.6 Å². The van der Waals surface area contributed by atoms with E-state index in [9.17, 15) is 13.6 Å². The van der Waals surface area contributed by atoms with Gasteiger partial charge in [-0.15, -0.1) is 0 Å². The smallest absolute Gasteiger partial charge is 0.274 e. The molecule has 0 radical (unpaired) electrons. The van der Waals surface area contributed by atoms with E-state index in [1.807, 2.05) is 0 Å². The fourth-order valence-electron chi connectivity index (χ4n) is 3.62. The highest BCUT2D eigenvalue weighted by Gasteiger charge is 2.23. The standard InChI is InChI=1S/C23H24F2N4O2/c1-17-3-2-4-18(13-17)15-27-9-11-28(12-10-27)23(30)21-7-8-29(26-21)16-31-22-6-5-19(24)14-20(22)25/h2-8,13-14H,9-12,15-16H2,1H3. The lowest BCUT2D eigenvalue weighted by atomic mass is 10.1. The van der Waals surface area contributed by atoms with Crippen LogP contribution in [-0.2, 0) is 13.3 Å². The fraction of sp³-hybridized carbons (Fsp3) is 0.304. The molecule has 162 valence electrons. The Kier molecular flexibility index (Phi) is 6.27. The Balaban J connectivity index is 1.29. The average Bonchev–Trinajstić information content (AvgIpc) is 3.22. The SMILES string of the molecule is Cc1cccc(CN2CCN(C(=O)c3ccn(COc4ccc(F)cc4F)n3)CC2)c1. The third-order valence-corrected chi connectivity index (χ3v) is 5.25. The van der Waals surface area contributed by atoms with Crippen molar-refractivity contribution in [3.05, 3.63) is 83.2 Å². The van der Waals surface area contributed by atoms with Crippen LogP contribution in [0.5, 0.6) is 5.75 Å². The highest BCUT2D eigenvalue weighted by atomic mass is 19.1. The number of aromatic nitrogens is 2. The number of piperazine rings is 1. The maximum Gasteiger partial charge on any atom is 0.274 e. The Morgan fingerprint density at radius 1 is 1.06 bits per heavy atom. The highest BCUT2D eigenvalue weighted by Crippen LogP contribution is 2.18. The number of carbonyl (C=O) groups is 1. The minimum absolute atomic E-state index is 0.0745. The van der Waals surface area contributed by atoms with Gasteiger partial charge in [-0.1, -0.05) is 29.8 Å². The van der Waals surface area contributed by atoms with E-state index in [4.69, 9.17) is 4.74 Å². The minimum atomic E-state index is -0.785. The van der Waals surface area contributed by atoms with E-state index < -0.39 is 11.6 Å². The predicted octanol–water partition coefficient (Wildman–Crippen LogP) is 3.46. The van der Waals surface area contributed by atoms with Crippen molar-refractivity contribution >= 4 is 5.91 Å². The number of aryl methyl sites for hydroxylation is 1. The van der Waals surface area contributed by atoms with Crippen LogP contribution in [0.15, 0.2) is 54.7 Å². The van der Waals surface area contributed by atoms with E-state index in [-0.39, 0.29) is 18.4 Å². The molecule has 0 spiro atoms. The van der Waals surface area contributed by atoms with Gasteiger partial charge in [0.15, 0.2) is 24.0 Å². The maximum absolute atomic E-state index is 13.7. The summed E-state index contributed by atoms with van der Waals surface area (Å²) in [6.07, 6.45) is 1.60. The van der Waals surface area contributed by atoms with Gasteiger partial charge in [-0.05, 0) is 30.7 Å². The molecule has 1 aliphatic rings. The second-order valence-electron chi connectivity index (χ2n) is 7.65. The molecule has 1 aliphatic heterocycles. The summed E-state index contributed by atoms with van der Waals surface area (Å²) in [5.74, 6) is -1.67. The molecule has 0 unspecified atom stereocenters. The minimum Gasteiger partial charge on any atom is -0.468 e. The van der Waals surface area contributed by atoms with Crippen LogP contribution in [0.4, 0.5) is 8.78 Å². The normalized spacial score (nSPS) is 14.6. The Morgan fingerprint density at radius 3 is 2.61 bits per heavy atom. The maximum atomic E-state index is 13.7. The van der Waals surface area contributed by atoms with Gasteiger partial charge in [-0.2, -0.15) is 5.10 Å². The molecule has 31 heavy (non-hydrogen) atoms. The van der Waals surface area contributed by atoms with E-state index >= 15 is 0 Å². The molecule has 6 nitrogen and oxygen atoms in total. The summed E-state index contributed by atoms with van der Waals surface area (Å²) < 4.78 is 33.4. The zero-order valence-electron chi connectivity index (χ0n) is 17.3. The first-order chi connectivity index (χ1) is 15.0. The Bertz CT molecular complexity index is 1060. The molecule has 4 rings (SSSR count). The second kappa shape index (κ2) is 9.26. The monoisotopic (exact) mass is 426 g/mol. The van der Waals surface area contributed by atoms with E-state index in [2.05, 4.69) is 41.2 Å². The molecule has 1 amide bonds. The van der Waals surface area contributed by atoms with Crippen molar-refractivity contribution in [3.8, 4) is 5.75 Å². The number of benzene rings is 2. The summed E-state index contributed by atoms with van der Waals surface area (Å²) in [5.41, 5.74) is 2.83. The van der Waals surface area contributed by atoms with Crippen molar-refractivity contribution in [1.29, 1.82) is 0 Å². The summed E-state index contributed by atoms with van der Waals surface area (Å²) >= 11 is 0. The van der Waals surface area contributed by atoms with E-state index in [1.54, 1.807) is 17.2 Å². The first-order valence-corrected chi connectivity index (χ1v) is 10.2. The van der Waals surface area contributed by atoms with Crippen molar-refractivity contribution in [2.75, 3.05) is 26.2 Å². The van der Waals surface area contributed by atoms with E-state index in [0.717, 1.165) is 31.8 Å². The number of amides is 1. The van der Waals surface area contributed by atoms with Gasteiger partial charge in [-0.25, -0.2) is 13.5 Å². The molecule has 0 saturated carbocycles. The van der Waals surface area contributed by atoms with Gasteiger partial charge < -0.3 is 9.64 Å². The molecule has 1 saturated heterocycles. The van der Waals surface area contributed by atoms with Crippen LogP contribution in [0.1, 0.15) is 21.6 Å². The topological polar surface area (TPSA) is 50.6 Å². The summed E-state index contributed by atoms with van der Waals surface area (Å²) in [6, 6.07) is 13.2. The third-order valence-electron chi connectivity index (χ3n) is 5.25. The van der Waals surface area contributed by atoms with Gasteiger partial charge in [0.1, 0.15) is 5.82 Å². The van der Waals surface area contributed by atoms with Crippen molar-refractivity contribution < 1.29 is 18.3 Å². The van der Waals surface area contributed by atoms with E-state index in [1.165, 1.54) is 21.9 Å². The first-order valence-electron chi connectivity index (χ1n) is 10.2. The Morgan fingerprint density at radius 2 is 1.87 bits per heavy atom. The number of carbonyl (C=O) groups excluding carboxylic acids is 1. The quantitative estimate of drug-likeness (QED) is 0.606. The molecule has 0 N–H and O–H groups in total. The number of ether oxygens (including phenoxy) is 1. The molecular formula is C23H24F2N4O2. The van der Waals surface area contributed by atoms with Crippen LogP contribution >= 0.6 is 0 Å². The highest BCUT2D eigenvalue weighted by molar-refractivity contribution is 5.92. The molecule has 0 atom stereocenters. The molecule has 2 aromatic carbocycles. The van der Waals surface area contributed by atoms with Crippen molar-refractivity contribution in [1.82, 2.24) is 19.6 Å². The van der Waals surface area contributed by atoms with Gasteiger partial charge >= 0.3 is 0 Å².